The Labute approximate surface area is 429 Å². The molecule has 0 aliphatic carbocycles. The second-order valence-corrected chi connectivity index (χ2v) is 21.6. The molecule has 7 aromatic carbocycles. The van der Waals surface area contributed by atoms with Gasteiger partial charge in [0, 0.05) is 66.5 Å². The third-order valence-corrected chi connectivity index (χ3v) is 14.0. The number of anilines is 2. The average molecular weight is 1100 g/mol. The van der Waals surface area contributed by atoms with E-state index >= 15 is 0 Å². The van der Waals surface area contributed by atoms with Crippen molar-refractivity contribution < 1.29 is 25.8 Å². The van der Waals surface area contributed by atoms with Crippen LogP contribution in [0.3, 0.4) is 0 Å². The van der Waals surface area contributed by atoms with Crippen LogP contribution in [0.15, 0.2) is 188 Å². The number of ether oxygens (including phenoxy) is 1. The van der Waals surface area contributed by atoms with Crippen molar-refractivity contribution in [2.24, 2.45) is 0 Å². The van der Waals surface area contributed by atoms with Crippen molar-refractivity contribution in [3.63, 3.8) is 0 Å². The van der Waals surface area contributed by atoms with Gasteiger partial charge in [0.25, 0.3) is 0 Å². The van der Waals surface area contributed by atoms with E-state index in [0.717, 1.165) is 44.7 Å². The summed E-state index contributed by atoms with van der Waals surface area (Å²) in [4.78, 5) is 9.58. The maximum Gasteiger partial charge on any atom is 0.135 e. The van der Waals surface area contributed by atoms with Crippen LogP contribution < -0.4 is 14.5 Å². The molecule has 5 nitrogen and oxygen atoms in total. The second-order valence-electron chi connectivity index (χ2n) is 21.6. The minimum absolute atomic E-state index is 0. The summed E-state index contributed by atoms with van der Waals surface area (Å²) in [5.74, 6) is 2.05. The number of allylic oxidation sites excluding steroid dienone is 1. The van der Waals surface area contributed by atoms with Crippen molar-refractivity contribution in [2.75, 3.05) is 9.80 Å². The molecule has 0 spiro atoms. The normalized spacial score (nSPS) is 13.4. The molecule has 1 aliphatic heterocycles. The minimum atomic E-state index is -0.378. The summed E-state index contributed by atoms with van der Waals surface area (Å²) < 4.78 is 9.22. The molecule has 0 bridgehead atoms. The molecule has 0 amide bonds. The van der Waals surface area contributed by atoms with Crippen LogP contribution in [-0.4, -0.2) is 9.55 Å². The summed E-state index contributed by atoms with van der Waals surface area (Å²) in [5, 5.41) is 2.30. The van der Waals surface area contributed by atoms with Gasteiger partial charge in [-0.1, -0.05) is 195 Å². The van der Waals surface area contributed by atoms with Crippen LogP contribution in [-0.2, 0) is 42.7 Å². The van der Waals surface area contributed by atoms with Crippen molar-refractivity contribution in [1.29, 1.82) is 0 Å². The average Bonchev–Trinajstić information content (AvgIpc) is 3.95. The first kappa shape index (κ1) is 48.3. The number of para-hydroxylation sites is 1. The molecule has 70 heavy (non-hydrogen) atoms. The summed E-state index contributed by atoms with van der Waals surface area (Å²) in [7, 11) is 0. The Bertz CT molecular complexity index is 3360. The Hall–Kier alpha value is -6.68. The molecule has 6 heteroatoms. The standard InChI is InChI=1S/C64H61N4O.Pt/c1-61(2,3)49-35-45(44-23-14-11-15-24-44)36-51(37-49)66-42-58(64(9,10)47-27-18-13-19-28-47)67(43-66)50-29-22-30-52(39-50)69-53-40-55(62(4,5)6)60-54-31-20-21-32-56(54)68(57(60)41-53)59-38-48(33-34-65-59)63(7,8)46-25-16-12-17-26-46;/h11-38,40,42-43H,1-10H3;/q-3;. The fourth-order valence-corrected chi connectivity index (χ4v) is 9.78. The maximum absolute atomic E-state index is 6.96. The van der Waals surface area contributed by atoms with E-state index in [1.165, 1.54) is 38.9 Å². The Morgan fingerprint density at radius 1 is 0.529 bits per heavy atom. The van der Waals surface area contributed by atoms with Gasteiger partial charge in [-0.05, 0) is 86.1 Å². The van der Waals surface area contributed by atoms with Crippen LogP contribution in [0.4, 0.5) is 11.4 Å². The zero-order valence-corrected chi connectivity index (χ0v) is 44.2. The number of hydrogen-bond acceptors (Lipinski definition) is 4. The van der Waals surface area contributed by atoms with Crippen LogP contribution in [0.1, 0.15) is 97.1 Å². The van der Waals surface area contributed by atoms with Gasteiger partial charge in [0.1, 0.15) is 5.82 Å². The van der Waals surface area contributed by atoms with E-state index in [4.69, 9.17) is 9.72 Å². The van der Waals surface area contributed by atoms with E-state index in [-0.39, 0.29) is 42.7 Å². The molecular formula is C64H61N4OPt-3. The summed E-state index contributed by atoms with van der Waals surface area (Å²) in [6, 6.07) is 67.9. The molecule has 1 aliphatic rings. The summed E-state index contributed by atoms with van der Waals surface area (Å²) in [6.07, 6.45) is 4.22. The van der Waals surface area contributed by atoms with E-state index < -0.39 is 0 Å². The number of benzene rings is 7. The Morgan fingerprint density at radius 2 is 1.17 bits per heavy atom. The molecule has 3 heterocycles. The third-order valence-electron chi connectivity index (χ3n) is 14.0. The van der Waals surface area contributed by atoms with Gasteiger partial charge in [0.2, 0.25) is 0 Å². The van der Waals surface area contributed by atoms with E-state index in [2.05, 4.69) is 272 Å². The molecule has 0 N–H and O–H groups in total. The quantitative estimate of drug-likeness (QED) is 0.128. The Kier molecular flexibility index (Phi) is 12.8. The van der Waals surface area contributed by atoms with Gasteiger partial charge >= 0.3 is 0 Å². The smallest absolute Gasteiger partial charge is 0.135 e. The van der Waals surface area contributed by atoms with Crippen molar-refractivity contribution >= 4 is 33.2 Å². The SMILES string of the molecule is CC(C)(C)c1cc(-c2ccccc2)cc(N2C=C(C(C)(C)c3ccccc3)N(c3[c-]c(Oc4[c-]c5c(c(C(C)(C)C)c4)c4ccccc4n5-c4cc(C(C)(C)c5ccccc5)ccn4)ccc3)[CH-]2)c1.[Pt]. The summed E-state index contributed by atoms with van der Waals surface area (Å²) >= 11 is 0. The van der Waals surface area contributed by atoms with Crippen molar-refractivity contribution in [3.8, 4) is 28.4 Å². The first-order valence-corrected chi connectivity index (χ1v) is 24.1. The number of fused-ring (bicyclic) bond motifs is 3. The molecular weight excluding hydrogens is 1040 g/mol. The second kappa shape index (κ2) is 18.6. The largest absolute Gasteiger partial charge is 0.509 e. The number of pyridine rings is 1. The summed E-state index contributed by atoms with van der Waals surface area (Å²) in [6.45, 7) is 25.0. The topological polar surface area (TPSA) is 33.5 Å². The van der Waals surface area contributed by atoms with E-state index in [1.807, 2.05) is 12.3 Å². The molecule has 9 aromatic rings. The van der Waals surface area contributed by atoms with Gasteiger partial charge in [-0.2, -0.15) is 6.07 Å². The molecule has 2 aromatic heterocycles. The van der Waals surface area contributed by atoms with E-state index in [1.54, 1.807) is 0 Å². The van der Waals surface area contributed by atoms with Crippen LogP contribution in [0, 0.1) is 18.8 Å². The van der Waals surface area contributed by atoms with Crippen molar-refractivity contribution in [1.82, 2.24) is 9.55 Å². The molecule has 0 unspecified atom stereocenters. The number of hydrogen-bond donors (Lipinski definition) is 0. The van der Waals surface area contributed by atoms with Crippen molar-refractivity contribution in [3.05, 3.63) is 235 Å². The fourth-order valence-electron chi connectivity index (χ4n) is 9.78. The summed E-state index contributed by atoms with van der Waals surface area (Å²) in [5.41, 5.74) is 12.6. The molecule has 0 atom stereocenters. The zero-order valence-electron chi connectivity index (χ0n) is 41.9. The van der Waals surface area contributed by atoms with E-state index in [9.17, 15) is 0 Å². The van der Waals surface area contributed by atoms with Gasteiger partial charge in [-0.25, -0.2) is 4.98 Å². The van der Waals surface area contributed by atoms with Crippen LogP contribution in [0.5, 0.6) is 11.5 Å². The van der Waals surface area contributed by atoms with Gasteiger partial charge < -0.3 is 19.1 Å². The first-order chi connectivity index (χ1) is 33.0. The van der Waals surface area contributed by atoms with Gasteiger partial charge in [0.15, 0.2) is 0 Å². The van der Waals surface area contributed by atoms with Crippen molar-refractivity contribution in [2.45, 2.75) is 90.9 Å². The zero-order chi connectivity index (χ0) is 48.3. The number of aromatic nitrogens is 2. The van der Waals surface area contributed by atoms with Crippen LogP contribution in [0.2, 0.25) is 0 Å². The predicted molar refractivity (Wildman–Crippen MR) is 287 cm³/mol. The van der Waals surface area contributed by atoms with Crippen LogP contribution >= 0.6 is 0 Å². The predicted octanol–water partition coefficient (Wildman–Crippen LogP) is 16.4. The minimum Gasteiger partial charge on any atom is -0.509 e. The fraction of sp³-hybridized carbons (Fsp3) is 0.219. The Balaban J connectivity index is 0.00000608. The molecule has 0 saturated carbocycles. The van der Waals surface area contributed by atoms with E-state index in [0.29, 0.717) is 11.5 Å². The number of rotatable bonds is 10. The third kappa shape index (κ3) is 9.13. The van der Waals surface area contributed by atoms with Gasteiger partial charge in [-0.3, -0.25) is 0 Å². The molecule has 356 valence electrons. The van der Waals surface area contributed by atoms with Gasteiger partial charge in [0.05, 0.1) is 0 Å². The molecule has 0 saturated heterocycles. The van der Waals surface area contributed by atoms with Crippen LogP contribution in [0.25, 0.3) is 38.8 Å². The first-order valence-electron chi connectivity index (χ1n) is 24.1. The monoisotopic (exact) mass is 1100 g/mol. The molecule has 10 rings (SSSR count). The van der Waals surface area contributed by atoms with Gasteiger partial charge in [-0.15, -0.1) is 48.3 Å². The molecule has 0 fully saturated rings. The maximum atomic E-state index is 6.96. The Morgan fingerprint density at radius 3 is 1.84 bits per heavy atom. The number of nitrogens with zero attached hydrogens (tertiary/aromatic N) is 4. The molecule has 0 radical (unpaired) electrons.